The molecule has 1 aromatic carbocycles. The van der Waals surface area contributed by atoms with E-state index in [1.54, 1.807) is 0 Å². The van der Waals surface area contributed by atoms with Gasteiger partial charge in [0, 0.05) is 25.7 Å². The smallest absolute Gasteiger partial charge is 0.203 e. The summed E-state index contributed by atoms with van der Waals surface area (Å²) >= 11 is 0. The summed E-state index contributed by atoms with van der Waals surface area (Å²) in [6.45, 7) is 5.26. The van der Waals surface area contributed by atoms with Gasteiger partial charge in [0.1, 0.15) is 0 Å². The number of piperazine rings is 1. The van der Waals surface area contributed by atoms with E-state index >= 15 is 0 Å². The van der Waals surface area contributed by atoms with Crippen LogP contribution in [0.25, 0.3) is 11.0 Å². The fraction of sp³-hybridized carbons (Fsp3) is 0.417. The number of anilines is 1. The lowest BCUT2D eigenvalue weighted by Gasteiger charge is -2.31. The Hall–Kier alpha value is -1.55. The highest BCUT2D eigenvalue weighted by Gasteiger charge is 2.18. The molecule has 1 atom stereocenters. The Bertz CT molecular complexity index is 457. The van der Waals surface area contributed by atoms with Gasteiger partial charge in [-0.15, -0.1) is 0 Å². The summed E-state index contributed by atoms with van der Waals surface area (Å²) in [5.74, 6) is 0.995. The van der Waals surface area contributed by atoms with E-state index < -0.39 is 0 Å². The Kier molecular flexibility index (Phi) is 2.29. The predicted octanol–water partition coefficient (Wildman–Crippen LogP) is 1.36. The average molecular weight is 216 g/mol. The van der Waals surface area contributed by atoms with Crippen LogP contribution < -0.4 is 10.2 Å². The zero-order valence-corrected chi connectivity index (χ0v) is 9.40. The molecule has 4 heteroatoms. The molecular weight excluding hydrogens is 200 g/mol. The Labute approximate surface area is 94.7 Å². The van der Waals surface area contributed by atoms with E-state index in [1.165, 1.54) is 0 Å². The molecule has 2 heterocycles. The highest BCUT2D eigenvalue weighted by molar-refractivity contribution is 5.77. The first-order chi connectivity index (χ1) is 7.83. The van der Waals surface area contributed by atoms with E-state index in [0.717, 1.165) is 36.6 Å². The van der Waals surface area contributed by atoms with Crippen LogP contribution in [-0.2, 0) is 0 Å². The van der Waals surface area contributed by atoms with Gasteiger partial charge in [0.05, 0.1) is 11.0 Å². The summed E-state index contributed by atoms with van der Waals surface area (Å²) < 4.78 is 0. The Balaban J connectivity index is 1.93. The van der Waals surface area contributed by atoms with Crippen molar-refractivity contribution < 1.29 is 0 Å². The van der Waals surface area contributed by atoms with Crippen LogP contribution in [0.2, 0.25) is 0 Å². The number of H-pyrrole nitrogens is 1. The molecule has 0 aliphatic carbocycles. The number of imidazole rings is 1. The molecular formula is C12H16N4. The summed E-state index contributed by atoms with van der Waals surface area (Å²) in [5.41, 5.74) is 2.16. The van der Waals surface area contributed by atoms with E-state index in [-0.39, 0.29) is 0 Å². The van der Waals surface area contributed by atoms with Crippen LogP contribution in [0.15, 0.2) is 24.3 Å². The number of hydrogen-bond donors (Lipinski definition) is 2. The molecule has 0 saturated carbocycles. The van der Waals surface area contributed by atoms with Crippen LogP contribution in [-0.4, -0.2) is 35.6 Å². The van der Waals surface area contributed by atoms with Crippen molar-refractivity contribution in [3.8, 4) is 0 Å². The summed E-state index contributed by atoms with van der Waals surface area (Å²) in [6, 6.07) is 8.69. The quantitative estimate of drug-likeness (QED) is 0.756. The summed E-state index contributed by atoms with van der Waals surface area (Å²) in [5, 5.41) is 3.43. The minimum atomic E-state index is 0.530. The van der Waals surface area contributed by atoms with Gasteiger partial charge in [-0.25, -0.2) is 4.98 Å². The molecule has 16 heavy (non-hydrogen) atoms. The zero-order valence-electron chi connectivity index (χ0n) is 9.40. The Morgan fingerprint density at radius 1 is 1.38 bits per heavy atom. The molecule has 1 aliphatic rings. The number of rotatable bonds is 1. The second-order valence-electron chi connectivity index (χ2n) is 4.38. The standard InChI is InChI=1S/C12H16N4/c1-9-8-16(7-6-13-9)12-14-10-4-2-3-5-11(10)15-12/h2-5,9,13H,6-8H2,1H3,(H,14,15)/t9-/m1/s1. The van der Waals surface area contributed by atoms with Crippen LogP contribution in [0.5, 0.6) is 0 Å². The van der Waals surface area contributed by atoms with Crippen LogP contribution in [0.4, 0.5) is 5.95 Å². The molecule has 0 bridgehead atoms. The van der Waals surface area contributed by atoms with Gasteiger partial charge in [-0.2, -0.15) is 0 Å². The normalized spacial score (nSPS) is 21.6. The van der Waals surface area contributed by atoms with Crippen LogP contribution in [0.3, 0.4) is 0 Å². The molecule has 1 saturated heterocycles. The third-order valence-electron chi connectivity index (χ3n) is 3.05. The lowest BCUT2D eigenvalue weighted by atomic mass is 10.2. The largest absolute Gasteiger partial charge is 0.340 e. The monoisotopic (exact) mass is 216 g/mol. The van der Waals surface area contributed by atoms with Gasteiger partial charge in [-0.1, -0.05) is 12.1 Å². The van der Waals surface area contributed by atoms with Gasteiger partial charge in [0.25, 0.3) is 0 Å². The molecule has 0 radical (unpaired) electrons. The van der Waals surface area contributed by atoms with Gasteiger partial charge >= 0.3 is 0 Å². The number of para-hydroxylation sites is 2. The third kappa shape index (κ3) is 1.65. The van der Waals surface area contributed by atoms with Crippen molar-refractivity contribution in [1.82, 2.24) is 15.3 Å². The second-order valence-corrected chi connectivity index (χ2v) is 4.38. The molecule has 0 amide bonds. The van der Waals surface area contributed by atoms with E-state index in [0.29, 0.717) is 6.04 Å². The predicted molar refractivity (Wildman–Crippen MR) is 65.8 cm³/mol. The number of aromatic amines is 1. The maximum absolute atomic E-state index is 4.61. The molecule has 1 fully saturated rings. The SMILES string of the molecule is C[C@@H]1CN(c2nc3ccccc3[nH]2)CCN1. The van der Waals surface area contributed by atoms with Crippen LogP contribution in [0.1, 0.15) is 6.92 Å². The molecule has 2 aromatic rings. The van der Waals surface area contributed by atoms with E-state index in [1.807, 2.05) is 18.2 Å². The molecule has 2 N–H and O–H groups in total. The minimum Gasteiger partial charge on any atom is -0.340 e. The van der Waals surface area contributed by atoms with E-state index in [4.69, 9.17) is 0 Å². The van der Waals surface area contributed by atoms with Gasteiger partial charge in [-0.3, -0.25) is 0 Å². The van der Waals surface area contributed by atoms with Crippen molar-refractivity contribution in [2.24, 2.45) is 0 Å². The van der Waals surface area contributed by atoms with Crippen molar-refractivity contribution in [3.63, 3.8) is 0 Å². The summed E-state index contributed by atoms with van der Waals surface area (Å²) in [6.07, 6.45) is 0. The van der Waals surface area contributed by atoms with Gasteiger partial charge < -0.3 is 15.2 Å². The molecule has 4 nitrogen and oxygen atoms in total. The first-order valence-corrected chi connectivity index (χ1v) is 5.76. The minimum absolute atomic E-state index is 0.530. The van der Waals surface area contributed by atoms with Crippen molar-refractivity contribution in [3.05, 3.63) is 24.3 Å². The lowest BCUT2D eigenvalue weighted by Crippen LogP contribution is -2.49. The average Bonchev–Trinajstić information content (AvgIpc) is 2.72. The zero-order chi connectivity index (χ0) is 11.0. The fourth-order valence-corrected chi connectivity index (χ4v) is 2.21. The van der Waals surface area contributed by atoms with Crippen molar-refractivity contribution >= 4 is 17.0 Å². The topological polar surface area (TPSA) is 44.0 Å². The third-order valence-corrected chi connectivity index (χ3v) is 3.05. The molecule has 1 aliphatic heterocycles. The van der Waals surface area contributed by atoms with Gasteiger partial charge in [-0.05, 0) is 19.1 Å². The second kappa shape index (κ2) is 3.79. The van der Waals surface area contributed by atoms with E-state index in [9.17, 15) is 0 Å². The Morgan fingerprint density at radius 2 is 2.25 bits per heavy atom. The number of fused-ring (bicyclic) bond motifs is 1. The van der Waals surface area contributed by atoms with Crippen molar-refractivity contribution in [2.45, 2.75) is 13.0 Å². The van der Waals surface area contributed by atoms with Crippen LogP contribution >= 0.6 is 0 Å². The van der Waals surface area contributed by atoms with Crippen LogP contribution in [0, 0.1) is 0 Å². The molecule has 84 valence electrons. The van der Waals surface area contributed by atoms with Crippen molar-refractivity contribution in [2.75, 3.05) is 24.5 Å². The highest BCUT2D eigenvalue weighted by Crippen LogP contribution is 2.17. The first kappa shape index (κ1) is 9.66. The molecule has 0 spiro atoms. The number of nitrogens with zero attached hydrogens (tertiary/aromatic N) is 2. The number of hydrogen-bond acceptors (Lipinski definition) is 3. The molecule has 3 rings (SSSR count). The first-order valence-electron chi connectivity index (χ1n) is 5.76. The van der Waals surface area contributed by atoms with Crippen molar-refractivity contribution in [1.29, 1.82) is 0 Å². The van der Waals surface area contributed by atoms with E-state index in [2.05, 4.69) is 33.2 Å². The fourth-order valence-electron chi connectivity index (χ4n) is 2.21. The molecule has 1 aromatic heterocycles. The van der Waals surface area contributed by atoms with Gasteiger partial charge in [0.15, 0.2) is 0 Å². The van der Waals surface area contributed by atoms with Gasteiger partial charge in [0.2, 0.25) is 5.95 Å². The number of nitrogens with one attached hydrogen (secondary N) is 2. The highest BCUT2D eigenvalue weighted by atomic mass is 15.3. The number of aromatic nitrogens is 2. The maximum atomic E-state index is 4.61. The molecule has 0 unspecified atom stereocenters. The summed E-state index contributed by atoms with van der Waals surface area (Å²) in [4.78, 5) is 10.3. The Morgan fingerprint density at radius 3 is 3.06 bits per heavy atom. The maximum Gasteiger partial charge on any atom is 0.203 e. The summed E-state index contributed by atoms with van der Waals surface area (Å²) in [7, 11) is 0. The lowest BCUT2D eigenvalue weighted by molar-refractivity contribution is 0.480. The number of benzene rings is 1.